The van der Waals surface area contributed by atoms with Crippen LogP contribution in [-0.2, 0) is 28.7 Å². The summed E-state index contributed by atoms with van der Waals surface area (Å²) in [5, 5.41) is 0. The van der Waals surface area contributed by atoms with Crippen molar-refractivity contribution in [2.45, 2.75) is 64.3 Å². The predicted molar refractivity (Wildman–Crippen MR) is 150 cm³/mol. The van der Waals surface area contributed by atoms with Crippen LogP contribution in [-0.4, -0.2) is 77.3 Å². The highest BCUT2D eigenvalue weighted by Crippen LogP contribution is 2.37. The van der Waals surface area contributed by atoms with Crippen molar-refractivity contribution in [3.63, 3.8) is 0 Å². The summed E-state index contributed by atoms with van der Waals surface area (Å²) in [5.41, 5.74) is 1.36. The molecule has 0 unspecified atom stereocenters. The Morgan fingerprint density at radius 1 is 0.905 bits per heavy atom. The van der Waals surface area contributed by atoms with E-state index in [0.29, 0.717) is 81.2 Å². The van der Waals surface area contributed by atoms with Gasteiger partial charge in [-0.05, 0) is 68.9 Å². The highest BCUT2D eigenvalue weighted by atomic mass is 19.4. The molecule has 2 saturated heterocycles. The molecule has 7 nitrogen and oxygen atoms in total. The Bertz CT molecular complexity index is 1350. The zero-order chi connectivity index (χ0) is 30.2. The Morgan fingerprint density at radius 3 is 2.14 bits per heavy atom. The number of carbonyl (C=O) groups excluding carboxylic acids is 2. The molecule has 3 heterocycles. The summed E-state index contributed by atoms with van der Waals surface area (Å²) in [6.45, 7) is 9.01. The van der Waals surface area contributed by atoms with Crippen molar-refractivity contribution in [1.82, 2.24) is 14.7 Å². The van der Waals surface area contributed by atoms with E-state index >= 15 is 4.39 Å². The molecule has 2 amide bonds. The maximum atomic E-state index is 15.7. The molecule has 0 aromatic heterocycles. The number of amides is 2. The summed E-state index contributed by atoms with van der Waals surface area (Å²) in [5.74, 6) is -0.574. The number of likely N-dealkylation sites (tertiary alicyclic amines) is 1. The quantitative estimate of drug-likeness (QED) is 0.416. The van der Waals surface area contributed by atoms with Crippen molar-refractivity contribution in [3.8, 4) is 0 Å². The van der Waals surface area contributed by atoms with Gasteiger partial charge in [0, 0.05) is 57.8 Å². The van der Waals surface area contributed by atoms with Crippen LogP contribution in [0.2, 0.25) is 0 Å². The highest BCUT2D eigenvalue weighted by Gasteiger charge is 2.33. The summed E-state index contributed by atoms with van der Waals surface area (Å²) >= 11 is 0. The van der Waals surface area contributed by atoms with Gasteiger partial charge in [-0.25, -0.2) is 14.2 Å². The molecule has 0 radical (unpaired) electrons. The van der Waals surface area contributed by atoms with E-state index in [1.165, 1.54) is 12.1 Å². The Morgan fingerprint density at radius 2 is 1.55 bits per heavy atom. The van der Waals surface area contributed by atoms with Crippen LogP contribution in [0.4, 0.5) is 28.0 Å². The first-order chi connectivity index (χ1) is 19.8. The van der Waals surface area contributed by atoms with Crippen LogP contribution in [0.15, 0.2) is 41.4 Å². The van der Waals surface area contributed by atoms with Gasteiger partial charge in [0.1, 0.15) is 17.1 Å². The highest BCUT2D eigenvalue weighted by molar-refractivity contribution is 6.40. The monoisotopic (exact) mass is 588 g/mol. The summed E-state index contributed by atoms with van der Waals surface area (Å²) in [4.78, 5) is 35.6. The van der Waals surface area contributed by atoms with E-state index in [4.69, 9.17) is 4.74 Å². The summed E-state index contributed by atoms with van der Waals surface area (Å²) < 4.78 is 59.6. The van der Waals surface area contributed by atoms with Gasteiger partial charge in [0.25, 0.3) is 5.91 Å². The minimum absolute atomic E-state index is 0.0357. The lowest BCUT2D eigenvalue weighted by Crippen LogP contribution is -2.50. The molecular weight excluding hydrogens is 552 g/mol. The molecular formula is C31H36F4N4O3. The number of alkyl halides is 3. The van der Waals surface area contributed by atoms with Gasteiger partial charge in [-0.3, -0.25) is 9.69 Å². The molecule has 0 spiro atoms. The molecule has 2 aromatic carbocycles. The molecule has 0 aliphatic carbocycles. The minimum Gasteiger partial charge on any atom is -0.444 e. The van der Waals surface area contributed by atoms with E-state index in [1.807, 2.05) is 20.8 Å². The van der Waals surface area contributed by atoms with Crippen LogP contribution < -0.4 is 0 Å². The second-order valence-corrected chi connectivity index (χ2v) is 12.2. The maximum Gasteiger partial charge on any atom is 0.416 e. The fourth-order valence-corrected chi connectivity index (χ4v) is 5.74. The average Bonchev–Trinajstić information content (AvgIpc) is 3.38. The predicted octanol–water partition coefficient (Wildman–Crippen LogP) is 5.93. The van der Waals surface area contributed by atoms with E-state index in [2.05, 4.69) is 9.89 Å². The second-order valence-electron chi connectivity index (χ2n) is 12.2. The topological polar surface area (TPSA) is 65.5 Å². The second kappa shape index (κ2) is 11.7. The Balaban J connectivity index is 1.13. The van der Waals surface area contributed by atoms with Gasteiger partial charge in [0.05, 0.1) is 11.3 Å². The molecule has 3 aliphatic heterocycles. The number of halogens is 4. The fourth-order valence-electron chi connectivity index (χ4n) is 5.74. The minimum atomic E-state index is -4.36. The number of rotatable bonds is 4. The van der Waals surface area contributed by atoms with Crippen LogP contribution in [0.1, 0.15) is 61.8 Å². The van der Waals surface area contributed by atoms with Gasteiger partial charge >= 0.3 is 12.3 Å². The third kappa shape index (κ3) is 6.77. The zero-order valence-electron chi connectivity index (χ0n) is 24.1. The lowest BCUT2D eigenvalue weighted by molar-refractivity contribution is -0.137. The molecule has 42 heavy (non-hydrogen) atoms. The largest absolute Gasteiger partial charge is 0.444 e. The first kappa shape index (κ1) is 30.0. The van der Waals surface area contributed by atoms with Crippen molar-refractivity contribution in [1.29, 1.82) is 0 Å². The van der Waals surface area contributed by atoms with Crippen molar-refractivity contribution in [3.05, 3.63) is 64.5 Å². The zero-order valence-corrected chi connectivity index (χ0v) is 24.1. The summed E-state index contributed by atoms with van der Waals surface area (Å²) in [7, 11) is 0. The molecule has 226 valence electrons. The summed E-state index contributed by atoms with van der Waals surface area (Å²) in [6.07, 6.45) is -3.33. The maximum absolute atomic E-state index is 15.7. The number of benzene rings is 2. The van der Waals surface area contributed by atoms with Gasteiger partial charge < -0.3 is 14.5 Å². The van der Waals surface area contributed by atoms with Crippen LogP contribution in [0.3, 0.4) is 0 Å². The molecule has 3 aliphatic rings. The normalized spacial score (nSPS) is 18.6. The third-order valence-corrected chi connectivity index (χ3v) is 8.03. The van der Waals surface area contributed by atoms with Crippen LogP contribution in [0.5, 0.6) is 0 Å². The molecule has 0 atom stereocenters. The lowest BCUT2D eigenvalue weighted by Gasteiger charge is -2.34. The van der Waals surface area contributed by atoms with Crippen molar-refractivity contribution in [2.75, 3.05) is 39.3 Å². The molecule has 11 heteroatoms. The van der Waals surface area contributed by atoms with E-state index in [0.717, 1.165) is 17.7 Å². The number of hydrogen-bond acceptors (Lipinski definition) is 5. The number of fused-ring (bicyclic) bond motifs is 1. The lowest BCUT2D eigenvalue weighted by atomic mass is 9.87. The Hall–Kier alpha value is -3.47. The first-order valence-corrected chi connectivity index (χ1v) is 14.3. The van der Waals surface area contributed by atoms with Crippen molar-refractivity contribution in [2.24, 2.45) is 4.99 Å². The number of aliphatic imine (C=N–C) groups is 1. The van der Waals surface area contributed by atoms with Crippen LogP contribution in [0, 0.1) is 5.82 Å². The van der Waals surface area contributed by atoms with Gasteiger partial charge in [0.2, 0.25) is 0 Å². The van der Waals surface area contributed by atoms with E-state index in [1.54, 1.807) is 21.9 Å². The number of piperazine rings is 1. The molecule has 2 aromatic rings. The molecule has 0 N–H and O–H groups in total. The number of hydrogen-bond donors (Lipinski definition) is 0. The smallest absolute Gasteiger partial charge is 0.416 e. The van der Waals surface area contributed by atoms with Gasteiger partial charge in [-0.2, -0.15) is 13.2 Å². The Labute approximate surface area is 243 Å². The van der Waals surface area contributed by atoms with Gasteiger partial charge in [-0.15, -0.1) is 0 Å². The van der Waals surface area contributed by atoms with Gasteiger partial charge in [-0.1, -0.05) is 18.2 Å². The molecule has 0 saturated carbocycles. The van der Waals surface area contributed by atoms with Crippen molar-refractivity contribution >= 4 is 23.4 Å². The van der Waals surface area contributed by atoms with Crippen molar-refractivity contribution < 1.29 is 31.9 Å². The summed E-state index contributed by atoms with van der Waals surface area (Å²) in [6, 6.07) is 8.66. The fraction of sp³-hybridized carbons (Fsp3) is 0.516. The van der Waals surface area contributed by atoms with E-state index < -0.39 is 17.3 Å². The third-order valence-electron chi connectivity index (χ3n) is 8.03. The van der Waals surface area contributed by atoms with Crippen LogP contribution in [0.25, 0.3) is 0 Å². The molecule has 5 rings (SSSR count). The van der Waals surface area contributed by atoms with E-state index in [-0.39, 0.29) is 30.2 Å². The van der Waals surface area contributed by atoms with Crippen LogP contribution >= 0.6 is 0 Å². The van der Waals surface area contributed by atoms with E-state index in [9.17, 15) is 22.8 Å². The number of carbonyl (C=O) groups is 2. The Kier molecular flexibility index (Phi) is 8.33. The van der Waals surface area contributed by atoms with Gasteiger partial charge in [0.15, 0.2) is 0 Å². The SMILES string of the molecule is CC(C)(C)OC(=O)N1CCC(c2ccc3c(c2F)CC(C(=O)N2CCN(Cc4ccc(C(F)(F)F)cc4)CC2)=N3)CC1. The molecule has 0 bridgehead atoms. The standard InChI is InChI=1S/C31H36F4N4O3/c1-30(2,3)42-29(41)39-12-10-21(11-13-39)23-8-9-25-24(27(23)32)18-26(36-25)28(40)38-16-14-37(15-17-38)19-20-4-6-22(7-5-20)31(33,34)35/h4-9,21H,10-19H2,1-3H3. The number of ether oxygens (including phenoxy) is 1. The number of piperidine rings is 1. The first-order valence-electron chi connectivity index (χ1n) is 14.3. The average molecular weight is 589 g/mol. The number of nitrogens with zero attached hydrogens (tertiary/aromatic N) is 4. The molecule has 2 fully saturated rings.